The normalized spacial score (nSPS) is 16.7. The summed E-state index contributed by atoms with van der Waals surface area (Å²) in [5.41, 5.74) is 4.79. The van der Waals surface area contributed by atoms with Crippen LogP contribution in [0.2, 0.25) is 0 Å². The third-order valence-electron chi connectivity index (χ3n) is 4.27. The molecule has 1 aromatic heterocycles. The van der Waals surface area contributed by atoms with Gasteiger partial charge in [-0.15, -0.1) is 0 Å². The van der Waals surface area contributed by atoms with Gasteiger partial charge in [-0.1, -0.05) is 12.1 Å². The van der Waals surface area contributed by atoms with Gasteiger partial charge in [-0.05, 0) is 48.7 Å². The maximum absolute atomic E-state index is 11.6. The number of nitrogens with zero attached hydrogens (tertiary/aromatic N) is 1. The third-order valence-corrected chi connectivity index (χ3v) is 4.27. The van der Waals surface area contributed by atoms with Crippen LogP contribution in [0.15, 0.2) is 45.6 Å². The van der Waals surface area contributed by atoms with Crippen molar-refractivity contribution >= 4 is 16.8 Å². The zero-order valence-corrected chi connectivity index (χ0v) is 13.1. The molecule has 0 fully saturated rings. The molecule has 0 aliphatic carbocycles. The number of aromatic nitrogens is 1. The molecule has 1 atom stereocenters. The van der Waals surface area contributed by atoms with Crippen molar-refractivity contribution in [2.24, 2.45) is 7.05 Å². The van der Waals surface area contributed by atoms with Crippen molar-refractivity contribution in [1.29, 1.82) is 0 Å². The summed E-state index contributed by atoms with van der Waals surface area (Å²) in [4.78, 5) is 11.6. The molecule has 23 heavy (non-hydrogen) atoms. The van der Waals surface area contributed by atoms with Gasteiger partial charge in [0.1, 0.15) is 12.4 Å². The Balaban J connectivity index is 1.58. The molecule has 0 radical (unpaired) electrons. The molecule has 118 valence electrons. The van der Waals surface area contributed by atoms with Gasteiger partial charge in [0.05, 0.1) is 17.2 Å². The average molecular weight is 310 g/mol. The fourth-order valence-electron chi connectivity index (χ4n) is 3.03. The molecule has 4 rings (SSSR count). The summed E-state index contributed by atoms with van der Waals surface area (Å²) in [6, 6.07) is 12.2. The van der Waals surface area contributed by atoms with Crippen LogP contribution in [0.25, 0.3) is 11.1 Å². The smallest absolute Gasteiger partial charge is 0.419 e. The van der Waals surface area contributed by atoms with E-state index in [4.69, 9.17) is 9.15 Å². The average Bonchev–Trinajstić information content (AvgIpc) is 2.81. The third kappa shape index (κ3) is 2.48. The van der Waals surface area contributed by atoms with E-state index in [1.165, 1.54) is 10.1 Å². The molecule has 5 heteroatoms. The maximum Gasteiger partial charge on any atom is 0.419 e. The number of fused-ring (bicyclic) bond motifs is 2. The summed E-state index contributed by atoms with van der Waals surface area (Å²) in [5.74, 6) is 0.567. The maximum atomic E-state index is 11.6. The van der Waals surface area contributed by atoms with Crippen LogP contribution in [0.1, 0.15) is 11.1 Å². The predicted molar refractivity (Wildman–Crippen MR) is 89.2 cm³/mol. The van der Waals surface area contributed by atoms with E-state index in [9.17, 15) is 4.79 Å². The SMILES string of the molecule is Cc1ccc2c(c1)NC(Cc1ccc3c(c1)oc(=O)n3C)CO2. The molecule has 2 heterocycles. The van der Waals surface area contributed by atoms with E-state index in [1.54, 1.807) is 7.05 Å². The number of ether oxygens (including phenoxy) is 1. The number of hydrogen-bond acceptors (Lipinski definition) is 4. The lowest BCUT2D eigenvalue weighted by atomic mass is 10.0. The molecule has 0 saturated heterocycles. The fourth-order valence-corrected chi connectivity index (χ4v) is 3.03. The Morgan fingerprint density at radius 1 is 1.26 bits per heavy atom. The van der Waals surface area contributed by atoms with Crippen molar-refractivity contribution in [3.05, 3.63) is 58.1 Å². The van der Waals surface area contributed by atoms with Crippen molar-refractivity contribution in [3.63, 3.8) is 0 Å². The summed E-state index contributed by atoms with van der Waals surface area (Å²) in [6.45, 7) is 2.68. The van der Waals surface area contributed by atoms with Gasteiger partial charge in [0, 0.05) is 7.05 Å². The van der Waals surface area contributed by atoms with Gasteiger partial charge in [0.15, 0.2) is 5.58 Å². The van der Waals surface area contributed by atoms with Crippen LogP contribution >= 0.6 is 0 Å². The van der Waals surface area contributed by atoms with Crippen molar-refractivity contribution in [1.82, 2.24) is 4.57 Å². The highest BCUT2D eigenvalue weighted by Crippen LogP contribution is 2.30. The Bertz CT molecular complexity index is 939. The van der Waals surface area contributed by atoms with Gasteiger partial charge >= 0.3 is 5.76 Å². The summed E-state index contributed by atoms with van der Waals surface area (Å²) in [5, 5.41) is 3.53. The largest absolute Gasteiger partial charge is 0.489 e. The molecule has 1 aliphatic heterocycles. The molecule has 0 amide bonds. The number of nitrogens with one attached hydrogen (secondary N) is 1. The minimum Gasteiger partial charge on any atom is -0.489 e. The van der Waals surface area contributed by atoms with Gasteiger partial charge in [-0.2, -0.15) is 0 Å². The summed E-state index contributed by atoms with van der Waals surface area (Å²) >= 11 is 0. The van der Waals surface area contributed by atoms with Crippen molar-refractivity contribution in [2.45, 2.75) is 19.4 Å². The minimum atomic E-state index is -0.333. The Morgan fingerprint density at radius 3 is 3.00 bits per heavy atom. The molecule has 5 nitrogen and oxygen atoms in total. The van der Waals surface area contributed by atoms with E-state index < -0.39 is 0 Å². The first-order chi connectivity index (χ1) is 11.1. The van der Waals surface area contributed by atoms with E-state index in [-0.39, 0.29) is 11.8 Å². The van der Waals surface area contributed by atoms with Crippen LogP contribution in [0, 0.1) is 6.92 Å². The van der Waals surface area contributed by atoms with E-state index in [0.717, 1.165) is 28.9 Å². The molecule has 1 aliphatic rings. The molecule has 1 unspecified atom stereocenters. The molecule has 2 aromatic carbocycles. The molecular weight excluding hydrogens is 292 g/mol. The van der Waals surface area contributed by atoms with Gasteiger partial charge in [0.2, 0.25) is 0 Å². The lowest BCUT2D eigenvalue weighted by Gasteiger charge is -2.27. The van der Waals surface area contributed by atoms with Crippen molar-refractivity contribution in [2.75, 3.05) is 11.9 Å². The van der Waals surface area contributed by atoms with Crippen molar-refractivity contribution in [3.8, 4) is 5.75 Å². The zero-order valence-electron chi connectivity index (χ0n) is 13.1. The second kappa shape index (κ2) is 5.19. The molecule has 1 N–H and O–H groups in total. The monoisotopic (exact) mass is 310 g/mol. The van der Waals surface area contributed by atoms with Gasteiger partial charge in [-0.25, -0.2) is 4.79 Å². The van der Waals surface area contributed by atoms with Gasteiger partial charge in [0.25, 0.3) is 0 Å². The van der Waals surface area contributed by atoms with Crippen molar-refractivity contribution < 1.29 is 9.15 Å². The second-order valence-corrected chi connectivity index (χ2v) is 6.09. The van der Waals surface area contributed by atoms with Crippen LogP contribution in [0.5, 0.6) is 5.75 Å². The quantitative estimate of drug-likeness (QED) is 0.791. The highest BCUT2D eigenvalue weighted by atomic mass is 16.5. The number of hydrogen-bond donors (Lipinski definition) is 1. The Kier molecular flexibility index (Phi) is 3.15. The van der Waals surface area contributed by atoms with Crippen LogP contribution < -0.4 is 15.8 Å². The molecular formula is C18H18N2O3. The lowest BCUT2D eigenvalue weighted by Crippen LogP contribution is -2.33. The first-order valence-corrected chi connectivity index (χ1v) is 7.68. The Morgan fingerprint density at radius 2 is 2.13 bits per heavy atom. The summed E-state index contributed by atoms with van der Waals surface area (Å²) in [7, 11) is 1.71. The summed E-state index contributed by atoms with van der Waals surface area (Å²) < 4.78 is 12.6. The molecule has 0 spiro atoms. The predicted octanol–water partition coefficient (Wildman–Crippen LogP) is 2.86. The first-order valence-electron chi connectivity index (χ1n) is 7.68. The number of anilines is 1. The molecule has 0 saturated carbocycles. The fraction of sp³-hybridized carbons (Fsp3) is 0.278. The van der Waals surface area contributed by atoms with Gasteiger partial charge < -0.3 is 14.5 Å². The highest BCUT2D eigenvalue weighted by molar-refractivity contribution is 5.73. The van der Waals surface area contributed by atoms with Gasteiger partial charge in [-0.3, -0.25) is 4.57 Å². The van der Waals surface area contributed by atoms with Crippen LogP contribution in [-0.4, -0.2) is 17.2 Å². The molecule has 3 aromatic rings. The van der Waals surface area contributed by atoms with E-state index in [0.29, 0.717) is 12.2 Å². The Labute approximate surface area is 133 Å². The first kappa shape index (κ1) is 13.9. The van der Waals surface area contributed by atoms with Crippen LogP contribution in [0.4, 0.5) is 5.69 Å². The van der Waals surface area contributed by atoms with E-state index in [2.05, 4.69) is 18.3 Å². The lowest BCUT2D eigenvalue weighted by molar-refractivity contribution is 0.283. The van der Waals surface area contributed by atoms with Crippen LogP contribution in [-0.2, 0) is 13.5 Å². The van der Waals surface area contributed by atoms with E-state index in [1.807, 2.05) is 30.3 Å². The number of rotatable bonds is 2. The Hall–Kier alpha value is -2.69. The second-order valence-electron chi connectivity index (χ2n) is 6.09. The number of benzene rings is 2. The number of oxazole rings is 1. The zero-order chi connectivity index (χ0) is 16.0. The highest BCUT2D eigenvalue weighted by Gasteiger charge is 2.19. The minimum absolute atomic E-state index is 0.192. The standard InChI is InChI=1S/C18H18N2O3/c1-11-3-6-16-14(7-11)19-13(10-22-16)8-12-4-5-15-17(9-12)23-18(21)20(15)2/h3-7,9,13,19H,8,10H2,1-2H3. The number of aryl methyl sites for hydroxylation is 2. The molecule has 0 bridgehead atoms. The van der Waals surface area contributed by atoms with E-state index >= 15 is 0 Å². The topological polar surface area (TPSA) is 56.4 Å². The van der Waals surface area contributed by atoms with Crippen LogP contribution in [0.3, 0.4) is 0 Å². The summed E-state index contributed by atoms with van der Waals surface area (Å²) in [6.07, 6.45) is 0.807.